The van der Waals surface area contributed by atoms with Gasteiger partial charge in [-0.05, 0) is 71.8 Å². The van der Waals surface area contributed by atoms with Crippen LogP contribution in [0.1, 0.15) is 28.3 Å². The molecule has 43 heavy (non-hydrogen) atoms. The summed E-state index contributed by atoms with van der Waals surface area (Å²) >= 11 is 0. The van der Waals surface area contributed by atoms with Gasteiger partial charge in [0.05, 0.1) is 22.8 Å². The van der Waals surface area contributed by atoms with E-state index >= 15 is 0 Å². The van der Waals surface area contributed by atoms with E-state index in [0.717, 1.165) is 50.2 Å². The van der Waals surface area contributed by atoms with Gasteiger partial charge in [0.2, 0.25) is 0 Å². The largest absolute Gasteiger partial charge is 0.477 e. The molecule has 3 N–H and O–H groups in total. The second-order valence-corrected chi connectivity index (χ2v) is 10.1. The Morgan fingerprint density at radius 3 is 1.95 bits per heavy atom. The summed E-state index contributed by atoms with van der Waals surface area (Å²) in [6.45, 7) is 0. The van der Waals surface area contributed by atoms with Crippen molar-refractivity contribution in [3.05, 3.63) is 125 Å². The second kappa shape index (κ2) is 10.6. The van der Waals surface area contributed by atoms with Gasteiger partial charge in [-0.3, -0.25) is 0 Å². The molecule has 7 nitrogen and oxygen atoms in total. The van der Waals surface area contributed by atoms with Crippen molar-refractivity contribution < 1.29 is 9.90 Å². The van der Waals surface area contributed by atoms with E-state index in [9.17, 15) is 15.2 Å². The minimum Gasteiger partial charge on any atom is -0.477 e. The number of carbonyl (C=O) groups is 1. The summed E-state index contributed by atoms with van der Waals surface area (Å²) in [5.74, 6) is -1.31. The predicted octanol–water partition coefficient (Wildman–Crippen LogP) is 7.98. The van der Waals surface area contributed by atoms with Gasteiger partial charge in [0.25, 0.3) is 0 Å². The first kappa shape index (κ1) is 25.7. The molecule has 2 aromatic carbocycles. The molecule has 0 radical (unpaired) electrons. The molecule has 0 spiro atoms. The number of nitrogens with zero attached hydrogens (tertiary/aromatic N) is 3. The van der Waals surface area contributed by atoms with Crippen LogP contribution < -0.4 is 0 Å². The molecule has 0 atom stereocenters. The molecule has 2 aliphatic rings. The Kier molecular flexibility index (Phi) is 6.34. The molecule has 0 aliphatic carbocycles. The normalized spacial score (nSPS) is 12.3. The molecule has 7 heteroatoms. The van der Waals surface area contributed by atoms with E-state index in [1.165, 1.54) is 6.08 Å². The molecular weight excluding hydrogens is 534 g/mol. The van der Waals surface area contributed by atoms with Crippen LogP contribution in [0, 0.1) is 11.3 Å². The van der Waals surface area contributed by atoms with Gasteiger partial charge in [-0.25, -0.2) is 14.8 Å². The molecule has 0 fully saturated rings. The van der Waals surface area contributed by atoms with E-state index in [2.05, 4.69) is 9.97 Å². The summed E-state index contributed by atoms with van der Waals surface area (Å²) in [6, 6.07) is 31.6. The third-order valence-corrected chi connectivity index (χ3v) is 7.38. The van der Waals surface area contributed by atoms with Crippen molar-refractivity contribution in [2.75, 3.05) is 0 Å². The Labute approximate surface area is 246 Å². The van der Waals surface area contributed by atoms with Crippen LogP contribution in [0.2, 0.25) is 0 Å². The molecule has 7 rings (SSSR count). The van der Waals surface area contributed by atoms with E-state index in [0.29, 0.717) is 22.5 Å². The van der Waals surface area contributed by atoms with Crippen molar-refractivity contribution in [3.8, 4) is 28.3 Å². The zero-order valence-corrected chi connectivity index (χ0v) is 22.7. The van der Waals surface area contributed by atoms with E-state index in [1.54, 1.807) is 0 Å². The van der Waals surface area contributed by atoms with Crippen LogP contribution in [-0.2, 0) is 4.79 Å². The van der Waals surface area contributed by atoms with Gasteiger partial charge in [0, 0.05) is 38.8 Å². The monoisotopic (exact) mass is 557 g/mol. The van der Waals surface area contributed by atoms with Crippen molar-refractivity contribution in [2.24, 2.45) is 0 Å². The summed E-state index contributed by atoms with van der Waals surface area (Å²) in [5.41, 5.74) is 9.84. The Morgan fingerprint density at radius 2 is 1.28 bits per heavy atom. The number of H-pyrrole nitrogens is 2. The van der Waals surface area contributed by atoms with E-state index in [4.69, 9.17) is 9.97 Å². The molecular formula is C36H23N5O2. The maximum absolute atomic E-state index is 11.9. The van der Waals surface area contributed by atoms with Crippen molar-refractivity contribution in [1.29, 1.82) is 5.26 Å². The van der Waals surface area contributed by atoms with Gasteiger partial charge >= 0.3 is 5.97 Å². The van der Waals surface area contributed by atoms with Crippen LogP contribution in [0.4, 0.5) is 0 Å². The SMILES string of the molecule is N#CC(=Cc1c2nc(c(-c3ccccc3)c3ccc(cc4nc(c(-c5ccccc5)c5ccc1[nH]5)C=C4)[nH]3)C=C2)C(=O)O. The summed E-state index contributed by atoms with van der Waals surface area (Å²) in [4.78, 5) is 28.9. The van der Waals surface area contributed by atoms with Crippen LogP contribution in [0.5, 0.6) is 0 Å². The van der Waals surface area contributed by atoms with Crippen molar-refractivity contribution in [1.82, 2.24) is 19.9 Å². The Bertz CT molecular complexity index is 2180. The average Bonchev–Trinajstić information content (AvgIpc) is 3.85. The number of nitrogens with one attached hydrogen (secondary N) is 2. The number of aliphatic carboxylic acids is 1. The highest BCUT2D eigenvalue weighted by molar-refractivity contribution is 6.00. The molecule has 5 aromatic rings. The van der Waals surface area contributed by atoms with Crippen LogP contribution in [0.25, 0.3) is 74.7 Å². The molecule has 0 saturated heterocycles. The first-order valence-electron chi connectivity index (χ1n) is 13.7. The Morgan fingerprint density at radius 1 is 0.698 bits per heavy atom. The van der Waals surface area contributed by atoms with Gasteiger partial charge in [0.1, 0.15) is 11.6 Å². The van der Waals surface area contributed by atoms with E-state index in [1.807, 2.05) is 121 Å². The molecule has 0 saturated carbocycles. The number of aromatic amines is 2. The second-order valence-electron chi connectivity index (χ2n) is 10.1. The number of carboxylic acid groups (broad SMARTS) is 1. The number of hydrogen-bond donors (Lipinski definition) is 3. The van der Waals surface area contributed by atoms with Crippen LogP contribution in [0.3, 0.4) is 0 Å². The fourth-order valence-electron chi connectivity index (χ4n) is 5.42. The first-order valence-corrected chi connectivity index (χ1v) is 13.7. The molecule has 204 valence electrons. The standard InChI is InChI=1S/C36H23N5O2/c37-21-24(36(42)43)19-27-28-15-17-32(40-28)34(22-7-3-1-4-8-22)30-13-11-25(38-30)20-26-12-14-31(39-26)35(23-9-5-2-6-10-23)33-18-16-29(27)41-33/h1-20,38,41H,(H,42,43). The van der Waals surface area contributed by atoms with Crippen LogP contribution in [-0.4, -0.2) is 31.0 Å². The zero-order valence-electron chi connectivity index (χ0n) is 22.7. The highest BCUT2D eigenvalue weighted by Crippen LogP contribution is 2.33. The topological polar surface area (TPSA) is 118 Å². The van der Waals surface area contributed by atoms with Gasteiger partial charge < -0.3 is 15.1 Å². The smallest absolute Gasteiger partial charge is 0.346 e. The molecule has 0 unspecified atom stereocenters. The number of aromatic nitrogens is 4. The molecule has 0 amide bonds. The highest BCUT2D eigenvalue weighted by atomic mass is 16.4. The van der Waals surface area contributed by atoms with Crippen molar-refractivity contribution in [3.63, 3.8) is 0 Å². The van der Waals surface area contributed by atoms with E-state index in [-0.39, 0.29) is 0 Å². The van der Waals surface area contributed by atoms with Gasteiger partial charge in [0.15, 0.2) is 0 Å². The summed E-state index contributed by atoms with van der Waals surface area (Å²) in [6.07, 6.45) is 9.11. The van der Waals surface area contributed by atoms with Gasteiger partial charge in [-0.2, -0.15) is 5.26 Å². The zero-order chi connectivity index (χ0) is 29.3. The van der Waals surface area contributed by atoms with Gasteiger partial charge in [-0.15, -0.1) is 0 Å². The van der Waals surface area contributed by atoms with E-state index < -0.39 is 11.5 Å². The first-order chi connectivity index (χ1) is 21.1. The lowest BCUT2D eigenvalue weighted by Crippen LogP contribution is -1.98. The minimum atomic E-state index is -1.31. The van der Waals surface area contributed by atoms with Crippen molar-refractivity contribution in [2.45, 2.75) is 0 Å². The number of hydrogen-bond acceptors (Lipinski definition) is 4. The average molecular weight is 558 g/mol. The lowest BCUT2D eigenvalue weighted by Gasteiger charge is -2.04. The lowest BCUT2D eigenvalue weighted by molar-refractivity contribution is -0.132. The number of rotatable bonds is 4. The molecule has 8 bridgehead atoms. The van der Waals surface area contributed by atoms with Crippen LogP contribution in [0.15, 0.2) is 96.6 Å². The molecule has 2 aliphatic heterocycles. The summed E-state index contributed by atoms with van der Waals surface area (Å²) in [5, 5.41) is 19.4. The van der Waals surface area contributed by atoms with Crippen LogP contribution >= 0.6 is 0 Å². The predicted molar refractivity (Wildman–Crippen MR) is 171 cm³/mol. The number of carboxylic acids is 1. The quantitative estimate of drug-likeness (QED) is 0.150. The fourth-order valence-corrected chi connectivity index (χ4v) is 5.42. The third-order valence-electron chi connectivity index (χ3n) is 7.38. The summed E-state index contributed by atoms with van der Waals surface area (Å²) in [7, 11) is 0. The highest BCUT2D eigenvalue weighted by Gasteiger charge is 2.16. The lowest BCUT2D eigenvalue weighted by atomic mass is 10.0. The maximum atomic E-state index is 11.9. The molecule has 5 heterocycles. The Balaban J connectivity index is 1.66. The van der Waals surface area contributed by atoms with Gasteiger partial charge in [-0.1, -0.05) is 60.7 Å². The maximum Gasteiger partial charge on any atom is 0.346 e. The fraction of sp³-hybridized carbons (Fsp3) is 0. The molecule has 3 aromatic heterocycles. The summed E-state index contributed by atoms with van der Waals surface area (Å²) < 4.78 is 0. The number of nitriles is 1. The Hall–Kier alpha value is -6.26. The van der Waals surface area contributed by atoms with Crippen molar-refractivity contribution >= 4 is 58.4 Å². The number of fused-ring (bicyclic) bond motifs is 8. The third kappa shape index (κ3) is 4.83. The minimum absolute atomic E-state index is 0.392. The number of benzene rings is 2.